The van der Waals surface area contributed by atoms with Gasteiger partial charge in [-0.1, -0.05) is 36.8 Å². The Bertz CT molecular complexity index is 710. The van der Waals surface area contributed by atoms with Crippen LogP contribution in [0.15, 0.2) is 48.5 Å². The van der Waals surface area contributed by atoms with Crippen molar-refractivity contribution in [1.82, 2.24) is 0 Å². The number of nitrogens with one attached hydrogen (secondary N) is 1. The van der Waals surface area contributed by atoms with E-state index in [1.807, 2.05) is 31.2 Å². The van der Waals surface area contributed by atoms with Crippen LogP contribution in [0.1, 0.15) is 18.1 Å². The number of aliphatic carboxylic acids is 1. The Morgan fingerprint density at radius 1 is 1.08 bits per heavy atom. The molecule has 2 rings (SSSR count). The highest BCUT2D eigenvalue weighted by molar-refractivity contribution is 5.95. The third-order valence-electron chi connectivity index (χ3n) is 4.02. The highest BCUT2D eigenvalue weighted by Crippen LogP contribution is 2.21. The summed E-state index contributed by atoms with van der Waals surface area (Å²) < 4.78 is 12.9. The van der Waals surface area contributed by atoms with E-state index in [0.717, 1.165) is 11.1 Å². The van der Waals surface area contributed by atoms with E-state index in [1.165, 1.54) is 31.2 Å². The second-order valence-corrected chi connectivity index (χ2v) is 5.92. The summed E-state index contributed by atoms with van der Waals surface area (Å²) in [4.78, 5) is 23.9. The molecule has 2 unspecified atom stereocenters. The van der Waals surface area contributed by atoms with Crippen LogP contribution in [-0.4, -0.2) is 17.0 Å². The molecule has 0 saturated heterocycles. The summed E-state index contributed by atoms with van der Waals surface area (Å²) in [5.74, 6) is -3.39. The van der Waals surface area contributed by atoms with Gasteiger partial charge in [-0.15, -0.1) is 0 Å². The second kappa shape index (κ2) is 7.73. The summed E-state index contributed by atoms with van der Waals surface area (Å²) in [6.07, 6.45) is 0.320. The lowest BCUT2D eigenvalue weighted by Crippen LogP contribution is -2.33. The average Bonchev–Trinajstić information content (AvgIpc) is 2.55. The maximum Gasteiger partial charge on any atom is 0.307 e. The normalized spacial score (nSPS) is 13.1. The van der Waals surface area contributed by atoms with Crippen LogP contribution >= 0.6 is 0 Å². The van der Waals surface area contributed by atoms with Crippen molar-refractivity contribution >= 4 is 17.6 Å². The standard InChI is InChI=1S/C19H20FNO3/c1-12-3-5-14(6-4-12)11-17(13(2)19(23)24)18(22)21-16-9-7-15(20)8-10-16/h3-10,13,17H,11H2,1-2H3,(H,21,22)(H,23,24). The number of carbonyl (C=O) groups excluding carboxylic acids is 1. The van der Waals surface area contributed by atoms with E-state index in [1.54, 1.807) is 0 Å². The van der Waals surface area contributed by atoms with Crippen LogP contribution in [0.3, 0.4) is 0 Å². The number of carboxylic acid groups (broad SMARTS) is 1. The first kappa shape index (κ1) is 17.7. The van der Waals surface area contributed by atoms with Crippen molar-refractivity contribution < 1.29 is 19.1 Å². The summed E-state index contributed by atoms with van der Waals surface area (Å²) in [5.41, 5.74) is 2.43. The highest BCUT2D eigenvalue weighted by atomic mass is 19.1. The molecule has 0 aromatic heterocycles. The zero-order valence-corrected chi connectivity index (χ0v) is 13.6. The van der Waals surface area contributed by atoms with Crippen LogP contribution in [0.25, 0.3) is 0 Å². The molecule has 2 N–H and O–H groups in total. The number of aryl methyl sites for hydroxylation is 1. The minimum absolute atomic E-state index is 0.320. The van der Waals surface area contributed by atoms with Gasteiger partial charge in [0, 0.05) is 5.69 Å². The molecule has 2 aromatic rings. The third-order valence-corrected chi connectivity index (χ3v) is 4.02. The maximum absolute atomic E-state index is 12.9. The van der Waals surface area contributed by atoms with Gasteiger partial charge in [0.2, 0.25) is 5.91 Å². The number of rotatable bonds is 6. The van der Waals surface area contributed by atoms with E-state index in [9.17, 15) is 19.1 Å². The van der Waals surface area contributed by atoms with Crippen LogP contribution < -0.4 is 5.32 Å². The van der Waals surface area contributed by atoms with Crippen LogP contribution in [0.5, 0.6) is 0 Å². The van der Waals surface area contributed by atoms with E-state index in [-0.39, 0.29) is 0 Å². The first-order valence-electron chi connectivity index (χ1n) is 7.71. The van der Waals surface area contributed by atoms with E-state index in [2.05, 4.69) is 5.32 Å². The molecule has 1 amide bonds. The molecule has 0 aliphatic rings. The van der Waals surface area contributed by atoms with Gasteiger partial charge in [0.25, 0.3) is 0 Å². The Labute approximate surface area is 140 Å². The van der Waals surface area contributed by atoms with Crippen molar-refractivity contribution in [2.75, 3.05) is 5.32 Å². The molecular weight excluding hydrogens is 309 g/mol. The molecule has 0 heterocycles. The smallest absolute Gasteiger partial charge is 0.307 e. The lowest BCUT2D eigenvalue weighted by molar-refractivity contribution is -0.145. The summed E-state index contributed by atoms with van der Waals surface area (Å²) in [6.45, 7) is 3.48. The second-order valence-electron chi connectivity index (χ2n) is 5.92. The number of carbonyl (C=O) groups is 2. The van der Waals surface area contributed by atoms with Crippen LogP contribution in [0, 0.1) is 24.6 Å². The van der Waals surface area contributed by atoms with Gasteiger partial charge in [0.15, 0.2) is 0 Å². The molecule has 0 aliphatic carbocycles. The van der Waals surface area contributed by atoms with E-state index >= 15 is 0 Å². The van der Waals surface area contributed by atoms with Gasteiger partial charge in [-0.25, -0.2) is 4.39 Å². The lowest BCUT2D eigenvalue weighted by Gasteiger charge is -2.20. The number of amides is 1. The Hall–Kier alpha value is -2.69. The molecule has 0 saturated carbocycles. The number of carboxylic acids is 1. The van der Waals surface area contributed by atoms with Gasteiger partial charge < -0.3 is 10.4 Å². The molecule has 0 spiro atoms. The highest BCUT2D eigenvalue weighted by Gasteiger charge is 2.30. The van der Waals surface area contributed by atoms with Crippen LogP contribution in [0.2, 0.25) is 0 Å². The average molecular weight is 329 g/mol. The Balaban J connectivity index is 2.18. The minimum Gasteiger partial charge on any atom is -0.481 e. The first-order chi connectivity index (χ1) is 11.4. The zero-order valence-electron chi connectivity index (χ0n) is 13.6. The number of hydrogen-bond acceptors (Lipinski definition) is 2. The molecule has 5 heteroatoms. The van der Waals surface area contributed by atoms with Crippen molar-refractivity contribution in [3.05, 3.63) is 65.5 Å². The quantitative estimate of drug-likeness (QED) is 0.850. The van der Waals surface area contributed by atoms with E-state index in [4.69, 9.17) is 0 Å². The third kappa shape index (κ3) is 4.65. The van der Waals surface area contributed by atoms with Crippen LogP contribution in [0.4, 0.5) is 10.1 Å². The van der Waals surface area contributed by atoms with Gasteiger partial charge in [-0.2, -0.15) is 0 Å². The maximum atomic E-state index is 12.9. The molecule has 126 valence electrons. The van der Waals surface area contributed by atoms with Crippen molar-refractivity contribution in [1.29, 1.82) is 0 Å². The summed E-state index contributed by atoms with van der Waals surface area (Å²) in [6, 6.07) is 13.0. The van der Waals surface area contributed by atoms with E-state index < -0.39 is 29.5 Å². The summed E-state index contributed by atoms with van der Waals surface area (Å²) in [7, 11) is 0. The largest absolute Gasteiger partial charge is 0.481 e. The molecule has 0 bridgehead atoms. The molecule has 2 aromatic carbocycles. The van der Waals surface area contributed by atoms with Gasteiger partial charge in [0.05, 0.1) is 11.8 Å². The Morgan fingerprint density at radius 2 is 1.67 bits per heavy atom. The number of anilines is 1. The Kier molecular flexibility index (Phi) is 5.68. The predicted octanol–water partition coefficient (Wildman–Crippen LogP) is 3.65. The first-order valence-corrected chi connectivity index (χ1v) is 7.71. The Morgan fingerprint density at radius 3 is 2.21 bits per heavy atom. The zero-order chi connectivity index (χ0) is 17.7. The summed E-state index contributed by atoms with van der Waals surface area (Å²) in [5, 5.41) is 12.0. The van der Waals surface area contributed by atoms with Crippen molar-refractivity contribution in [2.24, 2.45) is 11.8 Å². The van der Waals surface area contributed by atoms with Crippen molar-refractivity contribution in [2.45, 2.75) is 20.3 Å². The fraction of sp³-hybridized carbons (Fsp3) is 0.263. The fourth-order valence-electron chi connectivity index (χ4n) is 2.41. The number of halogens is 1. The van der Waals surface area contributed by atoms with Gasteiger partial charge in [0.1, 0.15) is 5.82 Å². The van der Waals surface area contributed by atoms with Gasteiger partial charge in [-0.3, -0.25) is 9.59 Å². The molecule has 0 aliphatic heterocycles. The fourth-order valence-corrected chi connectivity index (χ4v) is 2.41. The molecule has 0 fully saturated rings. The lowest BCUT2D eigenvalue weighted by atomic mass is 9.87. The topological polar surface area (TPSA) is 66.4 Å². The van der Waals surface area contributed by atoms with Crippen molar-refractivity contribution in [3.63, 3.8) is 0 Å². The van der Waals surface area contributed by atoms with Gasteiger partial charge in [-0.05, 0) is 43.2 Å². The number of benzene rings is 2. The number of hydrogen-bond donors (Lipinski definition) is 2. The summed E-state index contributed by atoms with van der Waals surface area (Å²) >= 11 is 0. The predicted molar refractivity (Wildman–Crippen MR) is 90.2 cm³/mol. The molecule has 2 atom stereocenters. The van der Waals surface area contributed by atoms with E-state index in [0.29, 0.717) is 12.1 Å². The molecule has 0 radical (unpaired) electrons. The SMILES string of the molecule is Cc1ccc(CC(C(=O)Nc2ccc(F)cc2)C(C)C(=O)O)cc1. The minimum atomic E-state index is -1.03. The van der Waals surface area contributed by atoms with Gasteiger partial charge >= 0.3 is 5.97 Å². The molecule has 24 heavy (non-hydrogen) atoms. The molecule has 4 nitrogen and oxygen atoms in total. The van der Waals surface area contributed by atoms with Crippen LogP contribution in [-0.2, 0) is 16.0 Å². The van der Waals surface area contributed by atoms with Crippen molar-refractivity contribution in [3.8, 4) is 0 Å². The molecular formula is C19H20FNO3. The monoisotopic (exact) mass is 329 g/mol.